The molecule has 1 aliphatic rings. The smallest absolute Gasteiger partial charge is 0.0294 e. The van der Waals surface area contributed by atoms with Gasteiger partial charge in [-0.3, -0.25) is 0 Å². The molecule has 0 spiro atoms. The minimum atomic E-state index is 0.416. The van der Waals surface area contributed by atoms with Crippen LogP contribution in [-0.2, 0) is 12.8 Å². The molecule has 0 saturated carbocycles. The molecule has 2 aromatic carbocycles. The summed E-state index contributed by atoms with van der Waals surface area (Å²) < 4.78 is 0. The van der Waals surface area contributed by atoms with E-state index >= 15 is 0 Å². The zero-order chi connectivity index (χ0) is 13.2. The van der Waals surface area contributed by atoms with Gasteiger partial charge in [0.05, 0.1) is 0 Å². The molecular formula is C18H21N. The predicted octanol–water partition coefficient (Wildman–Crippen LogP) is 3.81. The van der Waals surface area contributed by atoms with Crippen LogP contribution in [0.2, 0.25) is 0 Å². The van der Waals surface area contributed by atoms with Crippen LogP contribution in [0.15, 0.2) is 48.5 Å². The predicted molar refractivity (Wildman–Crippen MR) is 80.4 cm³/mol. The molecule has 0 saturated heterocycles. The number of nitrogens with one attached hydrogen (secondary N) is 1. The Morgan fingerprint density at radius 2 is 1.68 bits per heavy atom. The fraction of sp³-hybridized carbons (Fsp3) is 0.333. The van der Waals surface area contributed by atoms with Gasteiger partial charge in [-0.15, -0.1) is 0 Å². The highest BCUT2D eigenvalue weighted by atomic mass is 14.9. The van der Waals surface area contributed by atoms with Gasteiger partial charge in [0, 0.05) is 12.1 Å². The third-order valence-electron chi connectivity index (χ3n) is 4.08. The minimum Gasteiger partial charge on any atom is -0.307 e. The van der Waals surface area contributed by atoms with Crippen LogP contribution in [0.1, 0.15) is 35.2 Å². The average molecular weight is 251 g/mol. The van der Waals surface area contributed by atoms with Gasteiger partial charge in [-0.05, 0) is 43.4 Å². The first-order valence-electron chi connectivity index (χ1n) is 7.12. The van der Waals surface area contributed by atoms with Gasteiger partial charge in [-0.1, -0.05) is 54.1 Å². The summed E-state index contributed by atoms with van der Waals surface area (Å²) >= 11 is 0. The molecule has 0 heterocycles. The average Bonchev–Trinajstić information content (AvgIpc) is 2.80. The lowest BCUT2D eigenvalue weighted by atomic mass is 10.0. The Morgan fingerprint density at radius 3 is 2.32 bits per heavy atom. The third kappa shape index (κ3) is 2.71. The van der Waals surface area contributed by atoms with Crippen molar-refractivity contribution in [2.75, 3.05) is 0 Å². The third-order valence-corrected chi connectivity index (χ3v) is 4.08. The molecular weight excluding hydrogens is 230 g/mol. The quantitative estimate of drug-likeness (QED) is 0.874. The van der Waals surface area contributed by atoms with Crippen molar-refractivity contribution in [2.45, 2.75) is 38.8 Å². The summed E-state index contributed by atoms with van der Waals surface area (Å²) in [6, 6.07) is 18.6. The van der Waals surface area contributed by atoms with Crippen molar-refractivity contribution in [2.24, 2.45) is 0 Å². The van der Waals surface area contributed by atoms with Gasteiger partial charge in [0.25, 0.3) is 0 Å². The second kappa shape index (κ2) is 5.18. The topological polar surface area (TPSA) is 12.0 Å². The molecule has 1 heteroatoms. The van der Waals surface area contributed by atoms with E-state index in [1.54, 1.807) is 0 Å². The fourth-order valence-electron chi connectivity index (χ4n) is 3.07. The molecule has 0 unspecified atom stereocenters. The van der Waals surface area contributed by atoms with Crippen molar-refractivity contribution in [3.8, 4) is 0 Å². The largest absolute Gasteiger partial charge is 0.307 e. The summed E-state index contributed by atoms with van der Waals surface area (Å²) in [5.74, 6) is 0. The maximum absolute atomic E-state index is 3.77. The van der Waals surface area contributed by atoms with Crippen molar-refractivity contribution in [1.29, 1.82) is 0 Å². The monoisotopic (exact) mass is 251 g/mol. The maximum atomic E-state index is 3.77. The van der Waals surface area contributed by atoms with Crippen molar-refractivity contribution < 1.29 is 0 Å². The zero-order valence-corrected chi connectivity index (χ0v) is 11.7. The first-order chi connectivity index (χ1) is 9.22. The van der Waals surface area contributed by atoms with E-state index in [-0.39, 0.29) is 0 Å². The van der Waals surface area contributed by atoms with Crippen LogP contribution in [0.5, 0.6) is 0 Å². The molecule has 98 valence electrons. The van der Waals surface area contributed by atoms with Crippen LogP contribution in [0.4, 0.5) is 0 Å². The van der Waals surface area contributed by atoms with Gasteiger partial charge in [0.2, 0.25) is 0 Å². The van der Waals surface area contributed by atoms with Crippen LogP contribution in [-0.4, -0.2) is 6.04 Å². The normalized spacial score (nSPS) is 16.3. The molecule has 0 bridgehead atoms. The van der Waals surface area contributed by atoms with Gasteiger partial charge >= 0.3 is 0 Å². The van der Waals surface area contributed by atoms with Crippen LogP contribution < -0.4 is 5.32 Å². The van der Waals surface area contributed by atoms with Crippen molar-refractivity contribution in [1.82, 2.24) is 5.32 Å². The molecule has 3 rings (SSSR count). The molecule has 0 radical (unpaired) electrons. The summed E-state index contributed by atoms with van der Waals surface area (Å²) in [5, 5.41) is 3.77. The molecule has 0 aromatic heterocycles. The second-order valence-electron chi connectivity index (χ2n) is 5.68. The minimum absolute atomic E-state index is 0.416. The van der Waals surface area contributed by atoms with Gasteiger partial charge in [-0.25, -0.2) is 0 Å². The molecule has 0 amide bonds. The highest BCUT2D eigenvalue weighted by Gasteiger charge is 2.22. The number of aryl methyl sites for hydroxylation is 1. The van der Waals surface area contributed by atoms with Crippen LogP contribution in [0.3, 0.4) is 0 Å². The number of benzene rings is 2. The van der Waals surface area contributed by atoms with Gasteiger partial charge < -0.3 is 5.32 Å². The van der Waals surface area contributed by atoms with E-state index in [9.17, 15) is 0 Å². The molecule has 1 atom stereocenters. The lowest BCUT2D eigenvalue weighted by molar-refractivity contribution is 0.467. The first kappa shape index (κ1) is 12.4. The Balaban J connectivity index is 1.67. The molecule has 0 fully saturated rings. The Labute approximate surface area is 115 Å². The van der Waals surface area contributed by atoms with E-state index < -0.39 is 0 Å². The van der Waals surface area contributed by atoms with Crippen LogP contribution in [0, 0.1) is 6.92 Å². The highest BCUT2D eigenvalue weighted by molar-refractivity contribution is 5.33. The van der Waals surface area contributed by atoms with Crippen molar-refractivity contribution in [3.63, 3.8) is 0 Å². The van der Waals surface area contributed by atoms with Gasteiger partial charge in [0.15, 0.2) is 0 Å². The second-order valence-corrected chi connectivity index (χ2v) is 5.68. The Morgan fingerprint density at radius 1 is 1.00 bits per heavy atom. The molecule has 19 heavy (non-hydrogen) atoms. The van der Waals surface area contributed by atoms with E-state index in [0.717, 1.165) is 12.8 Å². The van der Waals surface area contributed by atoms with Crippen molar-refractivity contribution in [3.05, 3.63) is 70.8 Å². The van der Waals surface area contributed by atoms with E-state index in [0.29, 0.717) is 12.1 Å². The van der Waals surface area contributed by atoms with Crippen molar-refractivity contribution >= 4 is 0 Å². The fourth-order valence-corrected chi connectivity index (χ4v) is 3.07. The molecule has 1 N–H and O–H groups in total. The summed E-state index contributed by atoms with van der Waals surface area (Å²) in [7, 11) is 0. The Bertz CT molecular complexity index is 548. The van der Waals surface area contributed by atoms with E-state index in [2.05, 4.69) is 67.7 Å². The van der Waals surface area contributed by atoms with Gasteiger partial charge in [0.1, 0.15) is 0 Å². The Hall–Kier alpha value is -1.60. The number of fused-ring (bicyclic) bond motifs is 1. The molecule has 2 aromatic rings. The lowest BCUT2D eigenvalue weighted by Gasteiger charge is -2.20. The zero-order valence-electron chi connectivity index (χ0n) is 11.7. The number of rotatable bonds is 3. The number of hydrogen-bond donors (Lipinski definition) is 1. The highest BCUT2D eigenvalue weighted by Crippen LogP contribution is 2.24. The summed E-state index contributed by atoms with van der Waals surface area (Å²) in [6.45, 7) is 4.42. The van der Waals surface area contributed by atoms with Gasteiger partial charge in [-0.2, -0.15) is 0 Å². The van der Waals surface area contributed by atoms with E-state index in [1.165, 1.54) is 22.3 Å². The SMILES string of the molecule is Cc1cccc([C@@H](C)NC2Cc3ccccc3C2)c1. The summed E-state index contributed by atoms with van der Waals surface area (Å²) in [4.78, 5) is 0. The lowest BCUT2D eigenvalue weighted by Crippen LogP contribution is -2.32. The molecule has 0 aliphatic heterocycles. The maximum Gasteiger partial charge on any atom is 0.0294 e. The summed E-state index contributed by atoms with van der Waals surface area (Å²) in [6.07, 6.45) is 2.32. The van der Waals surface area contributed by atoms with Crippen LogP contribution in [0.25, 0.3) is 0 Å². The standard InChI is InChI=1S/C18H21N/c1-13-6-5-9-15(10-13)14(2)19-18-11-16-7-3-4-8-17(16)12-18/h3-10,14,18-19H,11-12H2,1-2H3/t14-/m1/s1. The van der Waals surface area contributed by atoms with Crippen LogP contribution >= 0.6 is 0 Å². The Kier molecular flexibility index (Phi) is 3.39. The van der Waals surface area contributed by atoms with E-state index in [1.807, 2.05) is 0 Å². The summed E-state index contributed by atoms with van der Waals surface area (Å²) in [5.41, 5.74) is 5.74. The van der Waals surface area contributed by atoms with E-state index in [4.69, 9.17) is 0 Å². The molecule has 1 aliphatic carbocycles. The first-order valence-corrected chi connectivity index (χ1v) is 7.12. The molecule has 1 nitrogen and oxygen atoms in total. The number of hydrogen-bond acceptors (Lipinski definition) is 1.